The van der Waals surface area contributed by atoms with Crippen molar-refractivity contribution in [2.45, 2.75) is 37.8 Å². The van der Waals surface area contributed by atoms with E-state index < -0.39 is 35.9 Å². The summed E-state index contributed by atoms with van der Waals surface area (Å²) in [6.45, 7) is 0. The molecule has 14 nitrogen and oxygen atoms in total. The van der Waals surface area contributed by atoms with E-state index in [0.29, 0.717) is 23.9 Å². The van der Waals surface area contributed by atoms with Gasteiger partial charge in [-0.05, 0) is 42.5 Å². The van der Waals surface area contributed by atoms with Gasteiger partial charge in [0.25, 0.3) is 11.5 Å². The number of nitrogen functional groups attached to an aromatic ring is 1. The van der Waals surface area contributed by atoms with Gasteiger partial charge in [-0.3, -0.25) is 24.2 Å². The second-order valence-corrected chi connectivity index (χ2v) is 8.47. The van der Waals surface area contributed by atoms with E-state index in [1.54, 1.807) is 30.5 Å². The molecule has 0 bridgehead atoms. The number of aliphatic carboxylic acids is 3. The Hall–Kier alpha value is -4.08. The molecule has 0 fully saturated rings. The van der Waals surface area contributed by atoms with Crippen LogP contribution < -0.4 is 22.3 Å². The van der Waals surface area contributed by atoms with Crippen LogP contribution in [0.5, 0.6) is 0 Å². The Balaban J connectivity index is 0.000000841. The highest BCUT2D eigenvalue weighted by Gasteiger charge is 2.21. The molecule has 0 radical (unpaired) electrons. The van der Waals surface area contributed by atoms with Gasteiger partial charge in [-0.2, -0.15) is 17.6 Å². The highest BCUT2D eigenvalue weighted by atomic mass is 35.5. The lowest BCUT2D eigenvalue weighted by molar-refractivity contribution is -0.141. The van der Waals surface area contributed by atoms with Crippen molar-refractivity contribution in [2.24, 2.45) is 5.73 Å². The molecule has 2 atom stereocenters. The molecule has 3 aromatic rings. The number of rotatable bonds is 11. The highest BCUT2D eigenvalue weighted by molar-refractivity contribution is 7.80. The smallest absolute Gasteiger partial charge is 0.326 e. The van der Waals surface area contributed by atoms with E-state index in [-0.39, 0.29) is 48.1 Å². The Morgan fingerprint density at radius 2 is 1.69 bits per heavy atom. The van der Waals surface area contributed by atoms with Crippen LogP contribution in [0.4, 0.5) is 5.95 Å². The first-order chi connectivity index (χ1) is 17.9. The minimum absolute atomic E-state index is 0. The Bertz CT molecular complexity index is 1360. The molecule has 16 heteroatoms. The van der Waals surface area contributed by atoms with E-state index in [9.17, 15) is 24.0 Å². The molecule has 0 saturated heterocycles. The third kappa shape index (κ3) is 9.96. The van der Waals surface area contributed by atoms with E-state index in [4.69, 9.17) is 26.8 Å². The number of fused-ring (bicyclic) bond motifs is 1. The number of thiol groups is 1. The first kappa shape index (κ1) is 32.9. The van der Waals surface area contributed by atoms with Crippen LogP contribution in [0.25, 0.3) is 11.0 Å². The van der Waals surface area contributed by atoms with Gasteiger partial charge in [0.2, 0.25) is 5.95 Å². The molecule has 2 heterocycles. The Labute approximate surface area is 233 Å². The monoisotopic (exact) mass is 584 g/mol. The van der Waals surface area contributed by atoms with E-state index >= 15 is 0 Å². The molecule has 10 N–H and O–H groups in total. The fourth-order valence-corrected chi connectivity index (χ4v) is 3.42. The standard InChI is InChI=1S/C20H21N5O6.C3H7NO2S.ClH/c21-20-24-16-15(18(29)25-20)12(9-22-16)6-3-10-1-4-11(5-2-10)17(28)23-13(19(30)31)7-8-14(26)27;4-2(1-7)3(5)6;/h1-2,4-5,9,13H,3,6-8H2,(H,23,28)(H,26,27)(H,30,31)(H4,21,22,24,25,29);2,7H,1,4H2,(H,5,6);1H/t13-;2-;/m00./s1. The van der Waals surface area contributed by atoms with E-state index in [1.807, 2.05) is 0 Å². The van der Waals surface area contributed by atoms with Gasteiger partial charge in [0, 0.05) is 23.9 Å². The molecule has 2 aromatic heterocycles. The predicted molar refractivity (Wildman–Crippen MR) is 147 cm³/mol. The van der Waals surface area contributed by atoms with Crippen LogP contribution in [0.1, 0.15) is 34.3 Å². The number of hydrogen-bond donors (Lipinski definition) is 9. The van der Waals surface area contributed by atoms with Gasteiger partial charge < -0.3 is 37.1 Å². The summed E-state index contributed by atoms with van der Waals surface area (Å²) in [7, 11) is 0. The van der Waals surface area contributed by atoms with Crippen molar-refractivity contribution in [3.05, 3.63) is 57.5 Å². The number of nitrogens with one attached hydrogen (secondary N) is 3. The minimum Gasteiger partial charge on any atom is -0.481 e. The maximum absolute atomic E-state index is 12.3. The fourth-order valence-electron chi connectivity index (χ4n) is 3.26. The van der Waals surface area contributed by atoms with Crippen molar-refractivity contribution >= 4 is 65.8 Å². The summed E-state index contributed by atoms with van der Waals surface area (Å²) in [5.41, 5.74) is 12.5. The molecule has 0 aliphatic heterocycles. The molecule has 0 aliphatic rings. The lowest BCUT2D eigenvalue weighted by Gasteiger charge is -2.13. The van der Waals surface area contributed by atoms with Crippen LogP contribution in [-0.4, -0.2) is 71.9 Å². The largest absolute Gasteiger partial charge is 0.481 e. The summed E-state index contributed by atoms with van der Waals surface area (Å²) >= 11 is 3.65. The number of nitrogens with zero attached hydrogens (tertiary/aromatic N) is 1. The average Bonchev–Trinajstić information content (AvgIpc) is 3.27. The number of amides is 1. The summed E-state index contributed by atoms with van der Waals surface area (Å²) in [5, 5.41) is 28.6. The number of benzene rings is 1. The first-order valence-electron chi connectivity index (χ1n) is 11.2. The van der Waals surface area contributed by atoms with Crippen LogP contribution >= 0.6 is 25.0 Å². The number of nitrogens with two attached hydrogens (primary N) is 2. The normalized spacial score (nSPS) is 11.8. The number of anilines is 1. The van der Waals surface area contributed by atoms with Gasteiger partial charge in [0.05, 0.1) is 5.39 Å². The maximum atomic E-state index is 12.3. The number of carboxylic acid groups (broad SMARTS) is 3. The Morgan fingerprint density at radius 1 is 1.05 bits per heavy atom. The lowest BCUT2D eigenvalue weighted by atomic mass is 10.0. The van der Waals surface area contributed by atoms with Gasteiger partial charge in [-0.25, -0.2) is 4.79 Å². The van der Waals surface area contributed by atoms with E-state index in [1.165, 1.54) is 0 Å². The lowest BCUT2D eigenvalue weighted by Crippen LogP contribution is -2.41. The van der Waals surface area contributed by atoms with Crippen LogP contribution in [-0.2, 0) is 27.2 Å². The third-order valence-corrected chi connectivity index (χ3v) is 5.70. The molecule has 212 valence electrons. The molecular weight excluding hydrogens is 556 g/mol. The van der Waals surface area contributed by atoms with Crippen molar-refractivity contribution in [3.8, 4) is 0 Å². The zero-order valence-electron chi connectivity index (χ0n) is 20.4. The second kappa shape index (κ2) is 15.4. The highest BCUT2D eigenvalue weighted by Crippen LogP contribution is 2.16. The van der Waals surface area contributed by atoms with Crippen LogP contribution in [0.3, 0.4) is 0 Å². The summed E-state index contributed by atoms with van der Waals surface area (Å²) < 4.78 is 0. The van der Waals surface area contributed by atoms with Gasteiger partial charge >= 0.3 is 17.9 Å². The molecule has 39 heavy (non-hydrogen) atoms. The molecule has 0 aliphatic carbocycles. The molecule has 1 aromatic carbocycles. The fraction of sp³-hybridized carbons (Fsp3) is 0.304. The second-order valence-electron chi connectivity index (χ2n) is 8.11. The summed E-state index contributed by atoms with van der Waals surface area (Å²) in [6.07, 6.45) is 2.27. The van der Waals surface area contributed by atoms with Crippen LogP contribution in [0.2, 0.25) is 0 Å². The molecule has 3 rings (SSSR count). The summed E-state index contributed by atoms with van der Waals surface area (Å²) in [4.78, 5) is 65.5. The zero-order valence-corrected chi connectivity index (χ0v) is 22.1. The minimum atomic E-state index is -1.30. The number of aromatic amines is 2. The van der Waals surface area contributed by atoms with Gasteiger partial charge in [-0.15, -0.1) is 12.4 Å². The zero-order chi connectivity index (χ0) is 28.4. The third-order valence-electron chi connectivity index (χ3n) is 5.31. The van der Waals surface area contributed by atoms with Crippen LogP contribution in [0.15, 0.2) is 35.3 Å². The number of hydrogen-bond acceptors (Lipinski definition) is 9. The molecule has 0 unspecified atom stereocenters. The predicted octanol–water partition coefficient (Wildman–Crippen LogP) is 0.416. The van der Waals surface area contributed by atoms with Crippen molar-refractivity contribution < 1.29 is 34.5 Å². The van der Waals surface area contributed by atoms with Crippen molar-refractivity contribution in [1.29, 1.82) is 0 Å². The summed E-state index contributed by atoms with van der Waals surface area (Å²) in [6, 6.07) is 4.49. The van der Waals surface area contributed by atoms with Gasteiger partial charge in [0.15, 0.2) is 0 Å². The molecule has 1 amide bonds. The number of aromatic nitrogens is 3. The van der Waals surface area contributed by atoms with Gasteiger partial charge in [-0.1, -0.05) is 12.1 Å². The molecular formula is C23H29ClN6O8S. The number of carbonyl (C=O) groups excluding carboxylic acids is 1. The van der Waals surface area contributed by atoms with E-state index in [0.717, 1.165) is 11.1 Å². The average molecular weight is 585 g/mol. The SMILES string of the molecule is Cl.N[C@@H](CS)C(=O)O.Nc1nc2[nH]cc(CCc3ccc(C(=O)N[C@@H](CCC(=O)O)C(=O)O)cc3)c2c(=O)[nH]1. The van der Waals surface area contributed by atoms with Crippen LogP contribution in [0, 0.1) is 0 Å². The number of halogens is 1. The van der Waals surface area contributed by atoms with Crippen molar-refractivity contribution in [3.63, 3.8) is 0 Å². The first-order valence-corrected chi connectivity index (χ1v) is 11.9. The topological polar surface area (TPSA) is 255 Å². The summed E-state index contributed by atoms with van der Waals surface area (Å²) in [5.74, 6) is -3.81. The van der Waals surface area contributed by atoms with Crippen molar-refractivity contribution in [2.75, 3.05) is 11.5 Å². The number of H-pyrrole nitrogens is 2. The van der Waals surface area contributed by atoms with Crippen molar-refractivity contribution in [1.82, 2.24) is 20.3 Å². The maximum Gasteiger partial charge on any atom is 0.326 e. The molecule has 0 spiro atoms. The number of aryl methyl sites for hydroxylation is 2. The molecule has 0 saturated carbocycles. The number of carbonyl (C=O) groups is 4. The van der Waals surface area contributed by atoms with Gasteiger partial charge in [0.1, 0.15) is 17.7 Å². The quantitative estimate of drug-likeness (QED) is 0.139. The Morgan fingerprint density at radius 3 is 2.21 bits per heavy atom. The number of carboxylic acids is 3. The Kier molecular flexibility index (Phi) is 13.0. The van der Waals surface area contributed by atoms with E-state index in [2.05, 4.69) is 32.9 Å².